The molecule has 0 saturated carbocycles. The van der Waals surface area contributed by atoms with Gasteiger partial charge in [-0.25, -0.2) is 9.78 Å². The Morgan fingerprint density at radius 1 is 0.969 bits per heavy atom. The Bertz CT molecular complexity index is 1300. The van der Waals surface area contributed by atoms with E-state index < -0.39 is 12.1 Å². The van der Waals surface area contributed by atoms with Crippen LogP contribution in [0, 0.1) is 0 Å². The first-order valence-electron chi connectivity index (χ1n) is 10.3. The second-order valence-corrected chi connectivity index (χ2v) is 8.03. The number of rotatable bonds is 7. The van der Waals surface area contributed by atoms with Gasteiger partial charge >= 0.3 is 5.97 Å². The predicted octanol–water partition coefficient (Wildman–Crippen LogP) is 6.42. The van der Waals surface area contributed by atoms with Crippen LogP contribution in [0.25, 0.3) is 23.1 Å². The maximum absolute atomic E-state index is 11.4. The molecule has 2 N–H and O–H groups in total. The van der Waals surface area contributed by atoms with E-state index in [-0.39, 0.29) is 5.56 Å². The van der Waals surface area contributed by atoms with Crippen molar-refractivity contribution in [3.05, 3.63) is 112 Å². The van der Waals surface area contributed by atoms with Crippen molar-refractivity contribution in [3.8, 4) is 0 Å². The second kappa shape index (κ2) is 9.77. The number of carboxylic acids is 1. The van der Waals surface area contributed by atoms with Gasteiger partial charge < -0.3 is 10.2 Å². The number of hydrogen-bond acceptors (Lipinski definition) is 3. The summed E-state index contributed by atoms with van der Waals surface area (Å²) in [5, 5.41) is 21.7. The van der Waals surface area contributed by atoms with Crippen LogP contribution < -0.4 is 0 Å². The highest BCUT2D eigenvalue weighted by Gasteiger charge is 2.12. The smallest absolute Gasteiger partial charge is 0.335 e. The number of carboxylic acid groups (broad SMARTS) is 1. The number of carbonyl (C=O) groups is 1. The molecule has 0 bridgehead atoms. The van der Waals surface area contributed by atoms with Gasteiger partial charge in [0.1, 0.15) is 0 Å². The number of pyridine rings is 1. The summed E-state index contributed by atoms with van der Waals surface area (Å²) in [5.74, 6) is -0.952. The van der Waals surface area contributed by atoms with Gasteiger partial charge in [-0.05, 0) is 65.9 Å². The molecular weight excluding hydrogens is 422 g/mol. The van der Waals surface area contributed by atoms with E-state index in [0.717, 1.165) is 33.3 Å². The highest BCUT2D eigenvalue weighted by Crippen LogP contribution is 2.23. The zero-order valence-corrected chi connectivity index (χ0v) is 18.0. The molecule has 0 spiro atoms. The van der Waals surface area contributed by atoms with Crippen LogP contribution in [0.15, 0.2) is 78.9 Å². The van der Waals surface area contributed by atoms with Crippen molar-refractivity contribution in [2.75, 3.05) is 0 Å². The molecule has 4 nitrogen and oxygen atoms in total. The van der Waals surface area contributed by atoms with Gasteiger partial charge in [0, 0.05) is 10.4 Å². The summed E-state index contributed by atoms with van der Waals surface area (Å²) in [6.45, 7) is 0. The zero-order chi connectivity index (χ0) is 22.5. The first-order chi connectivity index (χ1) is 15.5. The topological polar surface area (TPSA) is 70.4 Å². The molecule has 0 aliphatic heterocycles. The van der Waals surface area contributed by atoms with Gasteiger partial charge in [-0.2, -0.15) is 0 Å². The third-order valence-corrected chi connectivity index (χ3v) is 5.59. The number of benzene rings is 3. The average molecular weight is 444 g/mol. The second-order valence-electron chi connectivity index (χ2n) is 7.59. The molecule has 160 valence electrons. The largest absolute Gasteiger partial charge is 0.478 e. The van der Waals surface area contributed by atoms with Crippen molar-refractivity contribution < 1.29 is 15.0 Å². The van der Waals surface area contributed by atoms with Gasteiger partial charge in [0.2, 0.25) is 0 Å². The van der Waals surface area contributed by atoms with E-state index >= 15 is 0 Å². The Labute approximate surface area is 191 Å². The molecule has 5 heteroatoms. The fourth-order valence-electron chi connectivity index (χ4n) is 3.66. The van der Waals surface area contributed by atoms with Crippen molar-refractivity contribution in [1.29, 1.82) is 0 Å². The monoisotopic (exact) mass is 443 g/mol. The van der Waals surface area contributed by atoms with E-state index in [1.807, 2.05) is 72.8 Å². The molecule has 0 unspecified atom stereocenters. The van der Waals surface area contributed by atoms with Gasteiger partial charge in [-0.3, -0.25) is 0 Å². The standard InChI is InChI=1S/C27H22ClNO3/c28-22-12-9-20-10-14-23(29-25(20)17-22)13-8-18-4-3-6-21(16-18)26(30)15-11-19-5-1-2-7-24(19)27(31)32/h1-10,12-14,16-17,26,30H,11,15H2,(H,31,32)/t26-/m0/s1. The van der Waals surface area contributed by atoms with Crippen LogP contribution in [-0.2, 0) is 6.42 Å². The summed E-state index contributed by atoms with van der Waals surface area (Å²) in [7, 11) is 0. The molecule has 0 aliphatic rings. The van der Waals surface area contributed by atoms with Crippen LogP contribution in [0.2, 0.25) is 5.02 Å². The molecule has 1 atom stereocenters. The lowest BCUT2D eigenvalue weighted by atomic mass is 9.97. The van der Waals surface area contributed by atoms with Gasteiger partial charge in [0.25, 0.3) is 0 Å². The Balaban J connectivity index is 1.47. The van der Waals surface area contributed by atoms with E-state index in [9.17, 15) is 15.0 Å². The molecule has 0 aliphatic carbocycles. The van der Waals surface area contributed by atoms with Crippen molar-refractivity contribution in [3.63, 3.8) is 0 Å². The van der Waals surface area contributed by atoms with Gasteiger partial charge in [0.15, 0.2) is 0 Å². The Kier molecular flexibility index (Phi) is 6.64. The van der Waals surface area contributed by atoms with Gasteiger partial charge in [-0.1, -0.05) is 66.2 Å². The summed E-state index contributed by atoms with van der Waals surface area (Å²) in [6.07, 6.45) is 4.10. The van der Waals surface area contributed by atoms with Gasteiger partial charge in [-0.15, -0.1) is 0 Å². The zero-order valence-electron chi connectivity index (χ0n) is 17.3. The number of nitrogens with zero attached hydrogens (tertiary/aromatic N) is 1. The molecule has 32 heavy (non-hydrogen) atoms. The highest BCUT2D eigenvalue weighted by molar-refractivity contribution is 6.31. The number of aryl methyl sites for hydroxylation is 1. The van der Waals surface area contributed by atoms with Crippen molar-refractivity contribution >= 4 is 40.6 Å². The van der Waals surface area contributed by atoms with Crippen LogP contribution in [0.4, 0.5) is 0 Å². The van der Waals surface area contributed by atoms with Crippen LogP contribution in [0.5, 0.6) is 0 Å². The number of halogens is 1. The Morgan fingerprint density at radius 3 is 2.62 bits per heavy atom. The first-order valence-corrected chi connectivity index (χ1v) is 10.7. The summed E-state index contributed by atoms with van der Waals surface area (Å²) < 4.78 is 0. The maximum Gasteiger partial charge on any atom is 0.335 e. The van der Waals surface area contributed by atoms with Crippen LogP contribution in [-0.4, -0.2) is 21.2 Å². The highest BCUT2D eigenvalue weighted by atomic mass is 35.5. The van der Waals surface area contributed by atoms with E-state index in [1.54, 1.807) is 18.2 Å². The number of aliphatic hydroxyl groups is 1. The van der Waals surface area contributed by atoms with E-state index in [4.69, 9.17) is 11.6 Å². The third kappa shape index (κ3) is 5.22. The van der Waals surface area contributed by atoms with Crippen LogP contribution >= 0.6 is 11.6 Å². The SMILES string of the molecule is O=C(O)c1ccccc1CC[C@H](O)c1cccc(C=Cc2ccc3ccc(Cl)cc3n2)c1. The quantitative estimate of drug-likeness (QED) is 0.345. The predicted molar refractivity (Wildman–Crippen MR) is 129 cm³/mol. The van der Waals surface area contributed by atoms with Crippen molar-refractivity contribution in [1.82, 2.24) is 4.98 Å². The average Bonchev–Trinajstić information content (AvgIpc) is 2.81. The number of aliphatic hydroxyl groups excluding tert-OH is 1. The lowest BCUT2D eigenvalue weighted by Crippen LogP contribution is -2.05. The number of hydrogen-bond donors (Lipinski definition) is 2. The number of aromatic nitrogens is 1. The first kappa shape index (κ1) is 21.8. The number of fused-ring (bicyclic) bond motifs is 1. The normalized spacial score (nSPS) is 12.3. The fraction of sp³-hybridized carbons (Fsp3) is 0.111. The minimum atomic E-state index is -0.952. The maximum atomic E-state index is 11.4. The minimum Gasteiger partial charge on any atom is -0.478 e. The summed E-state index contributed by atoms with van der Waals surface area (Å²) in [5.41, 5.74) is 4.39. The van der Waals surface area contributed by atoms with Crippen LogP contribution in [0.1, 0.15) is 45.3 Å². The molecule has 4 aromatic rings. The molecule has 3 aromatic carbocycles. The van der Waals surface area contributed by atoms with Crippen molar-refractivity contribution in [2.24, 2.45) is 0 Å². The molecule has 0 radical (unpaired) electrons. The van der Waals surface area contributed by atoms with Crippen molar-refractivity contribution in [2.45, 2.75) is 18.9 Å². The molecule has 1 heterocycles. The third-order valence-electron chi connectivity index (χ3n) is 5.35. The van der Waals surface area contributed by atoms with E-state index in [0.29, 0.717) is 17.9 Å². The Hall–Kier alpha value is -3.47. The Morgan fingerprint density at radius 2 is 1.78 bits per heavy atom. The molecular formula is C27H22ClNO3. The number of aromatic carboxylic acids is 1. The van der Waals surface area contributed by atoms with Gasteiger partial charge in [0.05, 0.1) is 22.9 Å². The van der Waals surface area contributed by atoms with E-state index in [2.05, 4.69) is 4.98 Å². The molecule has 0 saturated heterocycles. The molecule has 0 fully saturated rings. The summed E-state index contributed by atoms with van der Waals surface area (Å²) in [4.78, 5) is 16.0. The molecule has 1 aromatic heterocycles. The molecule has 4 rings (SSSR count). The summed E-state index contributed by atoms with van der Waals surface area (Å²) in [6, 6.07) is 24.2. The minimum absolute atomic E-state index is 0.278. The lowest BCUT2D eigenvalue weighted by molar-refractivity contribution is 0.0695. The van der Waals surface area contributed by atoms with E-state index in [1.165, 1.54) is 0 Å². The summed E-state index contributed by atoms with van der Waals surface area (Å²) >= 11 is 6.07. The molecule has 0 amide bonds. The van der Waals surface area contributed by atoms with Crippen LogP contribution in [0.3, 0.4) is 0 Å². The fourth-order valence-corrected chi connectivity index (χ4v) is 3.82. The lowest BCUT2D eigenvalue weighted by Gasteiger charge is -2.13.